The van der Waals surface area contributed by atoms with Crippen LogP contribution in [-0.2, 0) is 4.79 Å². The van der Waals surface area contributed by atoms with Gasteiger partial charge in [-0.05, 0) is 30.5 Å². The summed E-state index contributed by atoms with van der Waals surface area (Å²) in [6.07, 6.45) is 4.76. The van der Waals surface area contributed by atoms with Crippen molar-refractivity contribution in [3.8, 4) is 11.1 Å². The number of piperazine rings is 1. The van der Waals surface area contributed by atoms with E-state index in [1.807, 2.05) is 34.9 Å². The summed E-state index contributed by atoms with van der Waals surface area (Å²) in [4.78, 5) is 33.5. The average molecular weight is 377 g/mol. The van der Waals surface area contributed by atoms with Crippen LogP contribution < -0.4 is 0 Å². The molecule has 3 rings (SSSR count). The molecule has 1 saturated heterocycles. The van der Waals surface area contributed by atoms with Crippen LogP contribution in [0.2, 0.25) is 0 Å². The van der Waals surface area contributed by atoms with Crippen LogP contribution in [0.3, 0.4) is 0 Å². The maximum Gasteiger partial charge on any atom is 0.254 e. The Kier molecular flexibility index (Phi) is 5.93. The second kappa shape index (κ2) is 8.38. The van der Waals surface area contributed by atoms with Gasteiger partial charge in [0.25, 0.3) is 5.91 Å². The molecule has 1 fully saturated rings. The zero-order valence-electron chi connectivity index (χ0n) is 16.8. The predicted octanol–water partition coefficient (Wildman–Crippen LogP) is 3.55. The van der Waals surface area contributed by atoms with E-state index >= 15 is 0 Å². The predicted molar refractivity (Wildman–Crippen MR) is 111 cm³/mol. The first-order chi connectivity index (χ1) is 13.4. The first-order valence-corrected chi connectivity index (χ1v) is 9.65. The van der Waals surface area contributed by atoms with Crippen LogP contribution in [0.4, 0.5) is 0 Å². The first kappa shape index (κ1) is 19.8. The third kappa shape index (κ3) is 3.98. The monoisotopic (exact) mass is 377 g/mol. The van der Waals surface area contributed by atoms with Crippen molar-refractivity contribution in [1.82, 2.24) is 14.8 Å². The maximum atomic E-state index is 13.4. The molecule has 28 heavy (non-hydrogen) atoms. The average Bonchev–Trinajstić information content (AvgIpc) is 2.72. The standard InChI is InChI=1S/C23H27N3O2/c1-5-22(27)26-12-11-25(15-21(26)16(2)3)23(28)19-9-10-24-14-20(19)18-8-6-7-17(4)13-18/h5-10,13-14,16,21H,1,11-12,15H2,2-4H3/t21-/m1/s1. The lowest BCUT2D eigenvalue weighted by atomic mass is 9.97. The molecule has 0 bridgehead atoms. The van der Waals surface area contributed by atoms with E-state index in [1.165, 1.54) is 6.08 Å². The topological polar surface area (TPSA) is 53.5 Å². The minimum Gasteiger partial charge on any atom is -0.335 e. The number of hydrogen-bond acceptors (Lipinski definition) is 3. The van der Waals surface area contributed by atoms with Gasteiger partial charge < -0.3 is 9.80 Å². The van der Waals surface area contributed by atoms with Crippen molar-refractivity contribution in [2.45, 2.75) is 26.8 Å². The molecular weight excluding hydrogens is 350 g/mol. The lowest BCUT2D eigenvalue weighted by Gasteiger charge is -2.43. The zero-order valence-corrected chi connectivity index (χ0v) is 16.8. The molecule has 0 saturated carbocycles. The highest BCUT2D eigenvalue weighted by atomic mass is 16.2. The van der Waals surface area contributed by atoms with Crippen molar-refractivity contribution in [2.24, 2.45) is 5.92 Å². The molecule has 1 aliphatic rings. The number of nitrogens with zero attached hydrogens (tertiary/aromatic N) is 3. The minimum atomic E-state index is -0.0739. The normalized spacial score (nSPS) is 16.9. The SMILES string of the molecule is C=CC(=O)N1CCN(C(=O)c2ccncc2-c2cccc(C)c2)C[C@@H]1C(C)C. The van der Waals surface area contributed by atoms with E-state index in [-0.39, 0.29) is 23.8 Å². The maximum absolute atomic E-state index is 13.4. The van der Waals surface area contributed by atoms with Gasteiger partial charge in [0.1, 0.15) is 0 Å². The summed E-state index contributed by atoms with van der Waals surface area (Å²) in [7, 11) is 0. The number of benzene rings is 1. The number of hydrogen-bond donors (Lipinski definition) is 0. The summed E-state index contributed by atoms with van der Waals surface area (Å²) in [5, 5.41) is 0. The summed E-state index contributed by atoms with van der Waals surface area (Å²) >= 11 is 0. The van der Waals surface area contributed by atoms with Crippen LogP contribution in [0.1, 0.15) is 29.8 Å². The number of aryl methyl sites for hydroxylation is 1. The van der Waals surface area contributed by atoms with Gasteiger partial charge in [0, 0.05) is 37.6 Å². The van der Waals surface area contributed by atoms with E-state index < -0.39 is 0 Å². The van der Waals surface area contributed by atoms with Crippen molar-refractivity contribution in [3.63, 3.8) is 0 Å². The molecule has 0 unspecified atom stereocenters. The van der Waals surface area contributed by atoms with Crippen molar-refractivity contribution >= 4 is 11.8 Å². The quantitative estimate of drug-likeness (QED) is 0.766. The van der Waals surface area contributed by atoms with E-state index in [2.05, 4.69) is 31.5 Å². The van der Waals surface area contributed by atoms with Crippen molar-refractivity contribution < 1.29 is 9.59 Å². The van der Waals surface area contributed by atoms with Crippen LogP contribution in [-0.4, -0.2) is 52.3 Å². The van der Waals surface area contributed by atoms with Crippen LogP contribution in [0.25, 0.3) is 11.1 Å². The molecular formula is C23H27N3O2. The van der Waals surface area contributed by atoms with E-state index in [0.717, 1.165) is 16.7 Å². The Morgan fingerprint density at radius 3 is 2.71 bits per heavy atom. The molecule has 0 spiro atoms. The second-order valence-corrected chi connectivity index (χ2v) is 7.59. The minimum absolute atomic E-state index is 0.0183. The first-order valence-electron chi connectivity index (χ1n) is 9.65. The van der Waals surface area contributed by atoms with Crippen molar-refractivity contribution in [2.75, 3.05) is 19.6 Å². The third-order valence-corrected chi connectivity index (χ3v) is 5.31. The number of pyridine rings is 1. The molecule has 1 aromatic heterocycles. The zero-order chi connectivity index (χ0) is 20.3. The summed E-state index contributed by atoms with van der Waals surface area (Å²) in [6.45, 7) is 11.3. The fourth-order valence-electron chi connectivity index (χ4n) is 3.75. The second-order valence-electron chi connectivity index (χ2n) is 7.59. The third-order valence-electron chi connectivity index (χ3n) is 5.31. The summed E-state index contributed by atoms with van der Waals surface area (Å²) in [6, 6.07) is 9.84. The molecule has 1 aromatic carbocycles. The molecule has 1 atom stereocenters. The van der Waals surface area contributed by atoms with Gasteiger partial charge in [0.05, 0.1) is 11.6 Å². The van der Waals surface area contributed by atoms with E-state index in [1.54, 1.807) is 18.5 Å². The van der Waals surface area contributed by atoms with Crippen LogP contribution >= 0.6 is 0 Å². The Bertz CT molecular complexity index is 891. The van der Waals surface area contributed by atoms with Crippen LogP contribution in [0.15, 0.2) is 55.4 Å². The molecule has 5 heteroatoms. The highest BCUT2D eigenvalue weighted by molar-refractivity contribution is 6.01. The molecule has 0 aliphatic carbocycles. The summed E-state index contributed by atoms with van der Waals surface area (Å²) < 4.78 is 0. The van der Waals surface area contributed by atoms with Crippen molar-refractivity contribution in [1.29, 1.82) is 0 Å². The van der Waals surface area contributed by atoms with Gasteiger partial charge in [-0.2, -0.15) is 0 Å². The summed E-state index contributed by atoms with van der Waals surface area (Å²) in [5.41, 5.74) is 3.60. The highest BCUT2D eigenvalue weighted by Crippen LogP contribution is 2.26. The fraction of sp³-hybridized carbons (Fsp3) is 0.348. The largest absolute Gasteiger partial charge is 0.335 e. The molecule has 1 aliphatic heterocycles. The van der Waals surface area contributed by atoms with E-state index in [4.69, 9.17) is 0 Å². The Hall–Kier alpha value is -2.95. The van der Waals surface area contributed by atoms with E-state index in [0.29, 0.717) is 25.2 Å². The van der Waals surface area contributed by atoms with Gasteiger partial charge in [-0.25, -0.2) is 0 Å². The van der Waals surface area contributed by atoms with Gasteiger partial charge in [0.15, 0.2) is 0 Å². The highest BCUT2D eigenvalue weighted by Gasteiger charge is 2.34. The fourth-order valence-corrected chi connectivity index (χ4v) is 3.75. The van der Waals surface area contributed by atoms with Gasteiger partial charge in [-0.3, -0.25) is 14.6 Å². The van der Waals surface area contributed by atoms with Gasteiger partial charge >= 0.3 is 0 Å². The number of rotatable bonds is 4. The van der Waals surface area contributed by atoms with Crippen molar-refractivity contribution in [3.05, 3.63) is 66.5 Å². The molecule has 2 aromatic rings. The molecule has 5 nitrogen and oxygen atoms in total. The number of amides is 2. The van der Waals surface area contributed by atoms with Crippen LogP contribution in [0, 0.1) is 12.8 Å². The Morgan fingerprint density at radius 2 is 2.04 bits per heavy atom. The van der Waals surface area contributed by atoms with Crippen LogP contribution in [0.5, 0.6) is 0 Å². The van der Waals surface area contributed by atoms with Gasteiger partial charge in [-0.1, -0.05) is 50.3 Å². The molecule has 0 radical (unpaired) electrons. The molecule has 0 N–H and O–H groups in total. The number of carbonyl (C=O) groups excluding carboxylic acids is 2. The molecule has 2 heterocycles. The summed E-state index contributed by atoms with van der Waals surface area (Å²) in [5.74, 6) is 0.151. The number of aromatic nitrogens is 1. The molecule has 146 valence electrons. The van der Waals surface area contributed by atoms with Gasteiger partial charge in [-0.15, -0.1) is 0 Å². The Morgan fingerprint density at radius 1 is 1.25 bits per heavy atom. The smallest absolute Gasteiger partial charge is 0.254 e. The molecule has 2 amide bonds. The van der Waals surface area contributed by atoms with Gasteiger partial charge in [0.2, 0.25) is 5.91 Å². The number of carbonyl (C=O) groups is 2. The lowest BCUT2D eigenvalue weighted by Crippen LogP contribution is -2.58. The van der Waals surface area contributed by atoms with E-state index in [9.17, 15) is 9.59 Å². The Balaban J connectivity index is 1.89. The lowest BCUT2D eigenvalue weighted by molar-refractivity contribution is -0.131. The Labute approximate surface area is 166 Å².